The van der Waals surface area contributed by atoms with Gasteiger partial charge in [0, 0.05) is 49.7 Å². The van der Waals surface area contributed by atoms with Crippen LogP contribution >= 0.6 is 0 Å². The number of aromatic hydroxyl groups is 1. The summed E-state index contributed by atoms with van der Waals surface area (Å²) >= 11 is 0. The van der Waals surface area contributed by atoms with Crippen molar-refractivity contribution in [3.8, 4) is 35.4 Å². The molecule has 234 valence electrons. The van der Waals surface area contributed by atoms with E-state index in [-0.39, 0.29) is 46.1 Å². The number of phenols is 1. The third-order valence-corrected chi connectivity index (χ3v) is 10.6. The monoisotopic (exact) mass is 636 g/mol. The third-order valence-electron chi connectivity index (χ3n) is 9.19. The number of terminal acetylenes is 1. The summed E-state index contributed by atoms with van der Waals surface area (Å²) in [6.07, 6.45) is 8.20. The molecule has 3 unspecified atom stereocenters. The normalized spacial score (nSPS) is 24.2. The minimum atomic E-state index is -1.19. The number of ether oxygens (including phenoxy) is 1. The molecule has 1 N–H and O–H groups in total. The minimum absolute atomic E-state index is 0.0769. The van der Waals surface area contributed by atoms with Crippen LogP contribution in [0.15, 0.2) is 30.5 Å². The number of alkyl halides is 1. The van der Waals surface area contributed by atoms with Gasteiger partial charge in [-0.3, -0.25) is 9.88 Å². The molecule has 0 saturated carbocycles. The summed E-state index contributed by atoms with van der Waals surface area (Å²) in [5.74, 6) is 1.39. The Bertz CT molecular complexity index is 1900. The van der Waals surface area contributed by atoms with Gasteiger partial charge in [-0.25, -0.2) is 21.7 Å². The Labute approximate surface area is 260 Å². The van der Waals surface area contributed by atoms with E-state index in [1.165, 1.54) is 30.5 Å². The molecule has 3 saturated heterocycles. The van der Waals surface area contributed by atoms with Crippen molar-refractivity contribution in [2.24, 2.45) is 0 Å². The molecule has 2 aromatic heterocycles. The lowest BCUT2D eigenvalue weighted by Crippen LogP contribution is -2.43. The number of fused-ring (bicyclic) bond motifs is 3. The molecule has 4 aromatic rings. The number of benzene rings is 2. The van der Waals surface area contributed by atoms with Crippen LogP contribution in [0.1, 0.15) is 24.8 Å². The van der Waals surface area contributed by atoms with E-state index in [2.05, 4.69) is 20.8 Å². The zero-order valence-electron chi connectivity index (χ0n) is 24.6. The van der Waals surface area contributed by atoms with Gasteiger partial charge < -0.3 is 14.7 Å². The number of rotatable bonds is 5. The van der Waals surface area contributed by atoms with Crippen LogP contribution in [-0.2, 0) is 11.0 Å². The van der Waals surface area contributed by atoms with Crippen molar-refractivity contribution in [2.45, 2.75) is 31.0 Å². The molecular weight excluding hydrogens is 605 g/mol. The highest BCUT2D eigenvalue weighted by atomic mass is 32.2. The molecule has 3 aliphatic rings. The number of pyridine rings is 1. The maximum atomic E-state index is 16.7. The molecule has 3 atom stereocenters. The fourth-order valence-corrected chi connectivity index (χ4v) is 7.92. The topological polar surface area (TPSA) is 94.9 Å². The van der Waals surface area contributed by atoms with Crippen LogP contribution in [-0.4, -0.2) is 97.3 Å². The minimum Gasteiger partial charge on any atom is -0.508 e. The Morgan fingerprint density at radius 1 is 1.20 bits per heavy atom. The van der Waals surface area contributed by atoms with Crippen LogP contribution in [0.2, 0.25) is 0 Å². The van der Waals surface area contributed by atoms with Gasteiger partial charge in [-0.15, -0.1) is 6.42 Å². The molecule has 45 heavy (non-hydrogen) atoms. The SMILES string of the molecule is C#Cc1c(F)ccc2cc(O)cc(-c3ncc4c(N5CCN(C)S(=O)CC5)nc(OCC56CCCN5CC(F)C6)nc4c3F)c12. The number of hydrogen-bond donors (Lipinski definition) is 1. The van der Waals surface area contributed by atoms with Gasteiger partial charge in [-0.05, 0) is 50.0 Å². The van der Waals surface area contributed by atoms with Gasteiger partial charge in [-0.2, -0.15) is 9.97 Å². The first-order chi connectivity index (χ1) is 21.7. The van der Waals surface area contributed by atoms with E-state index in [4.69, 9.17) is 16.1 Å². The molecule has 9 nitrogen and oxygen atoms in total. The van der Waals surface area contributed by atoms with Crippen LogP contribution in [0, 0.1) is 24.0 Å². The summed E-state index contributed by atoms with van der Waals surface area (Å²) in [4.78, 5) is 17.6. The van der Waals surface area contributed by atoms with Gasteiger partial charge >= 0.3 is 6.01 Å². The molecule has 0 radical (unpaired) electrons. The number of anilines is 1. The van der Waals surface area contributed by atoms with E-state index >= 15 is 4.39 Å². The van der Waals surface area contributed by atoms with Gasteiger partial charge in [-0.1, -0.05) is 12.0 Å². The Morgan fingerprint density at radius 3 is 2.87 bits per heavy atom. The maximum Gasteiger partial charge on any atom is 0.319 e. The van der Waals surface area contributed by atoms with E-state index in [1.807, 2.05) is 4.90 Å². The Morgan fingerprint density at radius 2 is 2.04 bits per heavy atom. The second-order valence-corrected chi connectivity index (χ2v) is 13.6. The highest BCUT2D eigenvalue weighted by molar-refractivity contribution is 7.82. The average Bonchev–Trinajstić information content (AvgIpc) is 3.49. The first kappa shape index (κ1) is 29.7. The van der Waals surface area contributed by atoms with Crippen LogP contribution < -0.4 is 9.64 Å². The molecule has 0 spiro atoms. The lowest BCUT2D eigenvalue weighted by Gasteiger charge is -2.31. The summed E-state index contributed by atoms with van der Waals surface area (Å²) in [7, 11) is 0.590. The predicted molar refractivity (Wildman–Crippen MR) is 166 cm³/mol. The first-order valence-electron chi connectivity index (χ1n) is 14.8. The number of phenolic OH excluding ortho intramolecular Hbond substituents is 1. The largest absolute Gasteiger partial charge is 0.508 e. The summed E-state index contributed by atoms with van der Waals surface area (Å²) in [5.41, 5.74) is -0.732. The maximum absolute atomic E-state index is 16.7. The third kappa shape index (κ3) is 5.14. The van der Waals surface area contributed by atoms with E-state index in [0.717, 1.165) is 19.4 Å². The van der Waals surface area contributed by atoms with E-state index in [0.29, 0.717) is 54.9 Å². The average molecular weight is 637 g/mol. The number of halogens is 3. The summed E-state index contributed by atoms with van der Waals surface area (Å²) in [5, 5.41) is 11.4. The summed E-state index contributed by atoms with van der Waals surface area (Å²) in [6, 6.07) is 5.28. The molecule has 3 aliphatic heterocycles. The molecular formula is C32H31F3N6O3S. The molecule has 7 rings (SSSR count). The van der Waals surface area contributed by atoms with Crippen LogP contribution in [0.5, 0.6) is 11.8 Å². The molecule has 0 amide bonds. The molecule has 3 fully saturated rings. The van der Waals surface area contributed by atoms with Crippen molar-refractivity contribution in [2.75, 3.05) is 57.0 Å². The lowest BCUT2D eigenvalue weighted by molar-refractivity contribution is 0.107. The Hall–Kier alpha value is -3.99. The zero-order valence-corrected chi connectivity index (χ0v) is 25.4. The Balaban J connectivity index is 1.38. The standard InChI is InChI=1S/C32H31F3N6O3S/c1-3-22-25(34)6-5-19-13-21(42)14-23(26(19)22)28-27(35)29-24(16-36-28)30(40-10-9-39(2)45(43)12-11-40)38-31(37-29)44-18-32-7-4-8-41(32)17-20(33)15-32/h1,5-6,13-14,16,20,42H,4,7-12,15,17-18H2,2H3. The van der Waals surface area contributed by atoms with Gasteiger partial charge in [0.1, 0.15) is 41.4 Å². The molecule has 5 heterocycles. The lowest BCUT2D eigenvalue weighted by atomic mass is 9.95. The van der Waals surface area contributed by atoms with E-state index < -0.39 is 34.3 Å². The zero-order chi connectivity index (χ0) is 31.5. The van der Waals surface area contributed by atoms with Gasteiger partial charge in [0.15, 0.2) is 5.82 Å². The number of nitrogens with zero attached hydrogens (tertiary/aromatic N) is 6. The van der Waals surface area contributed by atoms with E-state index in [1.54, 1.807) is 11.4 Å². The quantitative estimate of drug-likeness (QED) is 0.326. The first-order valence-corrected chi connectivity index (χ1v) is 16.1. The second-order valence-electron chi connectivity index (χ2n) is 11.9. The van der Waals surface area contributed by atoms with Gasteiger partial charge in [0.25, 0.3) is 0 Å². The highest BCUT2D eigenvalue weighted by Crippen LogP contribution is 2.41. The van der Waals surface area contributed by atoms with Crippen molar-refractivity contribution in [1.82, 2.24) is 24.2 Å². The predicted octanol–water partition coefficient (Wildman–Crippen LogP) is 4.18. The molecule has 13 heteroatoms. The van der Waals surface area contributed by atoms with Crippen LogP contribution in [0.3, 0.4) is 0 Å². The van der Waals surface area contributed by atoms with Crippen molar-refractivity contribution in [1.29, 1.82) is 0 Å². The molecule has 0 bridgehead atoms. The van der Waals surface area contributed by atoms with Gasteiger partial charge in [0.2, 0.25) is 0 Å². The fourth-order valence-electron chi connectivity index (χ4n) is 6.95. The van der Waals surface area contributed by atoms with E-state index in [9.17, 15) is 18.1 Å². The summed E-state index contributed by atoms with van der Waals surface area (Å²) < 4.78 is 66.4. The van der Waals surface area contributed by atoms with Crippen molar-refractivity contribution >= 4 is 38.5 Å². The van der Waals surface area contributed by atoms with Crippen LogP contribution in [0.4, 0.5) is 19.0 Å². The van der Waals surface area contributed by atoms with Crippen molar-refractivity contribution < 1.29 is 27.2 Å². The summed E-state index contributed by atoms with van der Waals surface area (Å²) in [6.45, 7) is 2.61. The second kappa shape index (κ2) is 11.4. The number of likely N-dealkylation sites (N-methyl/N-ethyl adjacent to an activating group) is 1. The van der Waals surface area contributed by atoms with Gasteiger partial charge in [0.05, 0.1) is 33.2 Å². The van der Waals surface area contributed by atoms with Crippen molar-refractivity contribution in [3.05, 3.63) is 47.7 Å². The highest BCUT2D eigenvalue weighted by Gasteiger charge is 2.49. The van der Waals surface area contributed by atoms with Crippen molar-refractivity contribution in [3.63, 3.8) is 0 Å². The van der Waals surface area contributed by atoms with Crippen LogP contribution in [0.25, 0.3) is 32.9 Å². The molecule has 0 aliphatic carbocycles. The fraction of sp³-hybridized carbons (Fsp3) is 0.406. The Kier molecular flexibility index (Phi) is 7.54. The number of aromatic nitrogens is 3. The molecule has 2 aromatic carbocycles. The number of hydrogen-bond acceptors (Lipinski definition) is 8. The smallest absolute Gasteiger partial charge is 0.319 e.